The third-order valence-electron chi connectivity index (χ3n) is 4.54. The number of rotatable bonds is 3. The quantitative estimate of drug-likeness (QED) is 0.902. The van der Waals surface area contributed by atoms with Crippen molar-refractivity contribution >= 4 is 16.8 Å². The molecule has 1 aliphatic rings. The van der Waals surface area contributed by atoms with Gasteiger partial charge in [0.25, 0.3) is 5.91 Å². The molecule has 0 aliphatic heterocycles. The standard InChI is InChI=1S/C16H20N2O2/c1-16(2)13(9-14(16)20-3)18-15(19)12-8-10-6-4-5-7-11(10)17-12/h4-8,13-14,17H,9H2,1-3H3,(H,18,19). The molecule has 4 nitrogen and oxygen atoms in total. The maximum absolute atomic E-state index is 12.3. The van der Waals surface area contributed by atoms with E-state index in [1.165, 1.54) is 0 Å². The minimum absolute atomic E-state index is 0.0174. The highest BCUT2D eigenvalue weighted by Gasteiger charge is 2.49. The van der Waals surface area contributed by atoms with Gasteiger partial charge in [-0.1, -0.05) is 32.0 Å². The number of hydrogen-bond donors (Lipinski definition) is 2. The van der Waals surface area contributed by atoms with E-state index >= 15 is 0 Å². The van der Waals surface area contributed by atoms with Crippen LogP contribution in [-0.4, -0.2) is 30.1 Å². The first-order chi connectivity index (χ1) is 9.52. The van der Waals surface area contributed by atoms with Gasteiger partial charge < -0.3 is 15.0 Å². The van der Waals surface area contributed by atoms with Gasteiger partial charge in [-0.15, -0.1) is 0 Å². The number of aromatic nitrogens is 1. The van der Waals surface area contributed by atoms with Gasteiger partial charge in [0.05, 0.1) is 6.10 Å². The Hall–Kier alpha value is -1.81. The molecule has 1 aromatic heterocycles. The van der Waals surface area contributed by atoms with Crippen molar-refractivity contribution in [3.05, 3.63) is 36.0 Å². The molecule has 3 rings (SSSR count). The van der Waals surface area contributed by atoms with Crippen LogP contribution >= 0.6 is 0 Å². The molecule has 2 aromatic rings. The summed E-state index contributed by atoms with van der Waals surface area (Å²) in [5, 5.41) is 4.15. The number of ether oxygens (including phenoxy) is 1. The third-order valence-corrected chi connectivity index (χ3v) is 4.54. The minimum Gasteiger partial charge on any atom is -0.381 e. The van der Waals surface area contributed by atoms with Crippen molar-refractivity contribution in [2.75, 3.05) is 7.11 Å². The Balaban J connectivity index is 1.74. The van der Waals surface area contributed by atoms with Crippen LogP contribution in [0.3, 0.4) is 0 Å². The van der Waals surface area contributed by atoms with Gasteiger partial charge in [0, 0.05) is 29.5 Å². The number of carbonyl (C=O) groups is 1. The molecule has 1 heterocycles. The van der Waals surface area contributed by atoms with Crippen molar-refractivity contribution in [3.8, 4) is 0 Å². The highest BCUT2D eigenvalue weighted by molar-refractivity contribution is 5.98. The number of hydrogen-bond acceptors (Lipinski definition) is 2. The largest absolute Gasteiger partial charge is 0.381 e. The Morgan fingerprint density at radius 2 is 2.15 bits per heavy atom. The number of nitrogens with one attached hydrogen (secondary N) is 2. The molecular formula is C16H20N2O2. The van der Waals surface area contributed by atoms with Crippen molar-refractivity contribution < 1.29 is 9.53 Å². The summed E-state index contributed by atoms with van der Waals surface area (Å²) >= 11 is 0. The van der Waals surface area contributed by atoms with Crippen LogP contribution in [0, 0.1) is 5.41 Å². The maximum atomic E-state index is 12.3. The van der Waals surface area contributed by atoms with E-state index in [0.717, 1.165) is 17.3 Å². The van der Waals surface area contributed by atoms with Crippen molar-refractivity contribution in [1.82, 2.24) is 10.3 Å². The van der Waals surface area contributed by atoms with Gasteiger partial charge in [0.2, 0.25) is 0 Å². The molecule has 4 heteroatoms. The molecule has 1 amide bonds. The maximum Gasteiger partial charge on any atom is 0.267 e. The number of para-hydroxylation sites is 1. The van der Waals surface area contributed by atoms with E-state index in [0.29, 0.717) is 5.69 Å². The zero-order valence-corrected chi connectivity index (χ0v) is 12.1. The second-order valence-corrected chi connectivity index (χ2v) is 6.08. The lowest BCUT2D eigenvalue weighted by atomic mass is 9.64. The summed E-state index contributed by atoms with van der Waals surface area (Å²) in [4.78, 5) is 15.5. The van der Waals surface area contributed by atoms with Gasteiger partial charge in [0.1, 0.15) is 5.69 Å². The van der Waals surface area contributed by atoms with Crippen molar-refractivity contribution in [3.63, 3.8) is 0 Å². The fourth-order valence-corrected chi connectivity index (χ4v) is 2.96. The predicted octanol–water partition coefficient (Wildman–Crippen LogP) is 2.71. The van der Waals surface area contributed by atoms with Crippen LogP contribution in [0.5, 0.6) is 0 Å². The molecule has 0 saturated heterocycles. The Bertz CT molecular complexity index is 612. The van der Waals surface area contributed by atoms with Crippen molar-refractivity contribution in [1.29, 1.82) is 0 Å². The summed E-state index contributed by atoms with van der Waals surface area (Å²) in [6, 6.07) is 9.95. The number of fused-ring (bicyclic) bond motifs is 1. The Labute approximate surface area is 118 Å². The smallest absolute Gasteiger partial charge is 0.267 e. The molecular weight excluding hydrogens is 252 g/mol. The van der Waals surface area contributed by atoms with Crippen LogP contribution in [0.4, 0.5) is 0 Å². The van der Waals surface area contributed by atoms with Gasteiger partial charge in [-0.25, -0.2) is 0 Å². The summed E-state index contributed by atoms with van der Waals surface area (Å²) in [5.74, 6) is -0.0474. The first-order valence-corrected chi connectivity index (χ1v) is 6.94. The lowest BCUT2D eigenvalue weighted by Crippen LogP contribution is -2.61. The van der Waals surface area contributed by atoms with Gasteiger partial charge in [-0.05, 0) is 18.6 Å². The van der Waals surface area contributed by atoms with E-state index in [2.05, 4.69) is 24.1 Å². The molecule has 20 heavy (non-hydrogen) atoms. The number of H-pyrrole nitrogens is 1. The fourth-order valence-electron chi connectivity index (χ4n) is 2.96. The first-order valence-electron chi connectivity index (χ1n) is 6.94. The molecule has 1 aromatic carbocycles. The van der Waals surface area contributed by atoms with Gasteiger partial charge in [-0.3, -0.25) is 4.79 Å². The van der Waals surface area contributed by atoms with Gasteiger partial charge in [0.15, 0.2) is 0 Å². The highest BCUT2D eigenvalue weighted by Crippen LogP contribution is 2.42. The highest BCUT2D eigenvalue weighted by atomic mass is 16.5. The molecule has 2 unspecified atom stereocenters. The Morgan fingerprint density at radius 1 is 1.40 bits per heavy atom. The second kappa shape index (κ2) is 4.63. The van der Waals surface area contributed by atoms with Crippen LogP contribution in [-0.2, 0) is 4.74 Å². The molecule has 2 N–H and O–H groups in total. The molecule has 1 fully saturated rings. The molecule has 106 valence electrons. The zero-order valence-electron chi connectivity index (χ0n) is 12.1. The number of methoxy groups -OCH3 is 1. The second-order valence-electron chi connectivity index (χ2n) is 6.08. The van der Waals surface area contributed by atoms with Crippen LogP contribution in [0.25, 0.3) is 10.9 Å². The third kappa shape index (κ3) is 2.00. The topological polar surface area (TPSA) is 54.1 Å². The van der Waals surface area contributed by atoms with Gasteiger partial charge >= 0.3 is 0 Å². The van der Waals surface area contributed by atoms with Crippen LogP contribution < -0.4 is 5.32 Å². The number of benzene rings is 1. The zero-order chi connectivity index (χ0) is 14.3. The summed E-state index contributed by atoms with van der Waals surface area (Å²) in [6.45, 7) is 4.25. The summed E-state index contributed by atoms with van der Waals surface area (Å²) in [6.07, 6.45) is 1.09. The monoisotopic (exact) mass is 272 g/mol. The molecule has 0 radical (unpaired) electrons. The van der Waals surface area contributed by atoms with E-state index in [-0.39, 0.29) is 23.5 Å². The average Bonchev–Trinajstić information content (AvgIpc) is 2.86. The van der Waals surface area contributed by atoms with E-state index in [9.17, 15) is 4.79 Å². The SMILES string of the molecule is COC1CC(NC(=O)c2cc3ccccc3[nH]2)C1(C)C. The fraction of sp³-hybridized carbons (Fsp3) is 0.438. The lowest BCUT2D eigenvalue weighted by molar-refractivity contribution is -0.0942. The van der Waals surface area contributed by atoms with Crippen LogP contribution in [0.1, 0.15) is 30.8 Å². The molecule has 0 bridgehead atoms. The van der Waals surface area contributed by atoms with E-state index < -0.39 is 0 Å². The Morgan fingerprint density at radius 3 is 2.80 bits per heavy atom. The number of carbonyl (C=O) groups excluding carboxylic acids is 1. The van der Waals surface area contributed by atoms with Crippen molar-refractivity contribution in [2.24, 2.45) is 5.41 Å². The molecule has 0 spiro atoms. The van der Waals surface area contributed by atoms with Gasteiger partial charge in [-0.2, -0.15) is 0 Å². The molecule has 1 aliphatic carbocycles. The first kappa shape index (κ1) is 13.2. The average molecular weight is 272 g/mol. The normalized spacial score (nSPS) is 24.4. The van der Waals surface area contributed by atoms with E-state index in [1.807, 2.05) is 30.3 Å². The van der Waals surface area contributed by atoms with Crippen LogP contribution in [0.15, 0.2) is 30.3 Å². The Kier molecular flexibility index (Phi) is 3.05. The minimum atomic E-state index is -0.0474. The van der Waals surface area contributed by atoms with Crippen LogP contribution in [0.2, 0.25) is 0 Å². The number of amides is 1. The summed E-state index contributed by atoms with van der Waals surface area (Å²) in [5.41, 5.74) is 1.58. The predicted molar refractivity (Wildman–Crippen MR) is 78.7 cm³/mol. The summed E-state index contributed by atoms with van der Waals surface area (Å²) < 4.78 is 5.41. The lowest BCUT2D eigenvalue weighted by Gasteiger charge is -2.51. The summed E-state index contributed by atoms with van der Waals surface area (Å²) in [7, 11) is 1.72. The van der Waals surface area contributed by atoms with E-state index in [1.54, 1.807) is 7.11 Å². The number of aromatic amines is 1. The van der Waals surface area contributed by atoms with Crippen molar-refractivity contribution in [2.45, 2.75) is 32.4 Å². The molecule has 2 atom stereocenters. The van der Waals surface area contributed by atoms with E-state index in [4.69, 9.17) is 4.74 Å². The molecule has 1 saturated carbocycles.